The van der Waals surface area contributed by atoms with Crippen LogP contribution in [0.2, 0.25) is 0 Å². The van der Waals surface area contributed by atoms with Gasteiger partial charge in [-0.1, -0.05) is 41.7 Å². The molecule has 0 radical (unpaired) electrons. The molecule has 0 saturated carbocycles. The lowest BCUT2D eigenvalue weighted by atomic mass is 10.2. The number of benzene rings is 1. The lowest BCUT2D eigenvalue weighted by Gasteiger charge is -1.98. The van der Waals surface area contributed by atoms with Crippen LogP contribution >= 0.6 is 23.1 Å². The average molecular weight is 304 g/mol. The molecule has 5 nitrogen and oxygen atoms in total. The molecule has 0 aliphatic carbocycles. The van der Waals surface area contributed by atoms with Crippen molar-refractivity contribution in [1.29, 1.82) is 5.26 Å². The first-order valence-corrected chi connectivity index (χ1v) is 7.86. The van der Waals surface area contributed by atoms with Crippen LogP contribution < -0.4 is 5.32 Å². The van der Waals surface area contributed by atoms with E-state index in [4.69, 9.17) is 5.26 Å². The monoisotopic (exact) mass is 304 g/mol. The Morgan fingerprint density at radius 3 is 2.90 bits per heavy atom. The van der Waals surface area contributed by atoms with Gasteiger partial charge in [0.05, 0.1) is 17.6 Å². The number of anilines is 1. The zero-order chi connectivity index (χ0) is 14.2. The summed E-state index contributed by atoms with van der Waals surface area (Å²) in [4.78, 5) is 11.6. The quantitative estimate of drug-likeness (QED) is 0.829. The van der Waals surface area contributed by atoms with Gasteiger partial charge >= 0.3 is 0 Å². The van der Waals surface area contributed by atoms with Crippen molar-refractivity contribution in [2.24, 2.45) is 0 Å². The number of rotatable bonds is 6. The van der Waals surface area contributed by atoms with Gasteiger partial charge in [-0.2, -0.15) is 5.26 Å². The molecule has 1 heterocycles. The second-order valence-electron chi connectivity index (χ2n) is 3.86. The second-order valence-corrected chi connectivity index (χ2v) is 5.91. The van der Waals surface area contributed by atoms with Gasteiger partial charge in [0.15, 0.2) is 0 Å². The molecule has 2 rings (SSSR count). The lowest BCUT2D eigenvalue weighted by Crippen LogP contribution is -2.14. The molecular formula is C13H12N4OS2. The molecular weight excluding hydrogens is 292 g/mol. The SMILES string of the molecule is N#CCSCC(=O)Nc1nnc(Cc2ccccc2)s1. The highest BCUT2D eigenvalue weighted by molar-refractivity contribution is 8.00. The number of carbonyl (C=O) groups excluding carboxylic acids is 1. The van der Waals surface area contributed by atoms with Crippen LogP contribution in [0.3, 0.4) is 0 Å². The molecule has 1 N–H and O–H groups in total. The molecule has 2 aromatic rings. The maximum Gasteiger partial charge on any atom is 0.236 e. The van der Waals surface area contributed by atoms with E-state index in [2.05, 4.69) is 15.5 Å². The Bertz CT molecular complexity index is 606. The van der Waals surface area contributed by atoms with E-state index in [9.17, 15) is 4.79 Å². The lowest BCUT2D eigenvalue weighted by molar-refractivity contribution is -0.113. The summed E-state index contributed by atoms with van der Waals surface area (Å²) in [5.74, 6) is 0.400. The molecule has 0 spiro atoms. The summed E-state index contributed by atoms with van der Waals surface area (Å²) in [6.45, 7) is 0. The minimum absolute atomic E-state index is 0.160. The van der Waals surface area contributed by atoms with Crippen molar-refractivity contribution in [2.75, 3.05) is 16.8 Å². The van der Waals surface area contributed by atoms with Crippen LogP contribution in [0, 0.1) is 11.3 Å². The predicted octanol–water partition coefficient (Wildman–Crippen LogP) is 2.32. The van der Waals surface area contributed by atoms with Gasteiger partial charge in [0.2, 0.25) is 11.0 Å². The van der Waals surface area contributed by atoms with E-state index >= 15 is 0 Å². The van der Waals surface area contributed by atoms with E-state index in [1.165, 1.54) is 23.1 Å². The van der Waals surface area contributed by atoms with Gasteiger partial charge in [0.25, 0.3) is 0 Å². The van der Waals surface area contributed by atoms with E-state index in [0.717, 1.165) is 10.6 Å². The number of nitriles is 1. The van der Waals surface area contributed by atoms with Gasteiger partial charge in [-0.15, -0.1) is 22.0 Å². The summed E-state index contributed by atoms with van der Waals surface area (Å²) in [5.41, 5.74) is 1.16. The van der Waals surface area contributed by atoms with Gasteiger partial charge in [0, 0.05) is 6.42 Å². The largest absolute Gasteiger partial charge is 0.300 e. The van der Waals surface area contributed by atoms with Gasteiger partial charge in [-0.05, 0) is 5.56 Å². The second kappa shape index (κ2) is 7.62. The van der Waals surface area contributed by atoms with E-state index in [1.54, 1.807) is 0 Å². The normalized spacial score (nSPS) is 9.95. The van der Waals surface area contributed by atoms with Crippen molar-refractivity contribution in [3.8, 4) is 6.07 Å². The first kappa shape index (κ1) is 14.5. The Labute approximate surface area is 125 Å². The molecule has 1 amide bonds. The van der Waals surface area contributed by atoms with Gasteiger partial charge in [-0.3, -0.25) is 10.1 Å². The van der Waals surface area contributed by atoms with E-state index < -0.39 is 0 Å². The van der Waals surface area contributed by atoms with Crippen LogP contribution in [0.25, 0.3) is 0 Å². The molecule has 0 saturated heterocycles. The first-order chi connectivity index (χ1) is 9.78. The highest BCUT2D eigenvalue weighted by Crippen LogP contribution is 2.18. The summed E-state index contributed by atoms with van der Waals surface area (Å²) < 4.78 is 0. The van der Waals surface area contributed by atoms with Crippen LogP contribution in [0.5, 0.6) is 0 Å². The fourth-order valence-corrected chi connectivity index (χ4v) is 2.73. The van der Waals surface area contributed by atoms with Crippen LogP contribution in [-0.4, -0.2) is 27.6 Å². The molecule has 0 aliphatic rings. The third kappa shape index (κ3) is 4.64. The van der Waals surface area contributed by atoms with Gasteiger partial charge in [-0.25, -0.2) is 0 Å². The van der Waals surface area contributed by atoms with Crippen molar-refractivity contribution in [1.82, 2.24) is 10.2 Å². The molecule has 102 valence electrons. The Morgan fingerprint density at radius 2 is 2.15 bits per heavy atom. The van der Waals surface area contributed by atoms with E-state index in [0.29, 0.717) is 17.3 Å². The third-order valence-electron chi connectivity index (χ3n) is 2.31. The smallest absolute Gasteiger partial charge is 0.236 e. The van der Waals surface area contributed by atoms with E-state index in [-0.39, 0.29) is 11.7 Å². The number of carbonyl (C=O) groups is 1. The van der Waals surface area contributed by atoms with Crippen molar-refractivity contribution in [2.45, 2.75) is 6.42 Å². The molecule has 0 aliphatic heterocycles. The average Bonchev–Trinajstić information content (AvgIpc) is 2.87. The Hall–Kier alpha value is -1.91. The van der Waals surface area contributed by atoms with Crippen molar-refractivity contribution in [3.05, 3.63) is 40.9 Å². The highest BCUT2D eigenvalue weighted by Gasteiger charge is 2.08. The molecule has 7 heteroatoms. The number of hydrogen-bond donors (Lipinski definition) is 1. The predicted molar refractivity (Wildman–Crippen MR) is 80.7 cm³/mol. The van der Waals surface area contributed by atoms with Crippen LogP contribution in [-0.2, 0) is 11.2 Å². The van der Waals surface area contributed by atoms with Crippen molar-refractivity contribution in [3.63, 3.8) is 0 Å². The molecule has 0 unspecified atom stereocenters. The number of nitrogens with one attached hydrogen (secondary N) is 1. The fourth-order valence-electron chi connectivity index (χ4n) is 1.49. The maximum atomic E-state index is 11.6. The molecule has 0 atom stereocenters. The number of aromatic nitrogens is 2. The van der Waals surface area contributed by atoms with Gasteiger partial charge < -0.3 is 0 Å². The van der Waals surface area contributed by atoms with Gasteiger partial charge in [0.1, 0.15) is 5.01 Å². The summed E-state index contributed by atoms with van der Waals surface area (Å²) in [5, 5.41) is 20.4. The molecule has 1 aromatic heterocycles. The molecule has 1 aromatic carbocycles. The Kier molecular flexibility index (Phi) is 5.53. The minimum atomic E-state index is -0.160. The highest BCUT2D eigenvalue weighted by atomic mass is 32.2. The zero-order valence-corrected chi connectivity index (χ0v) is 12.2. The van der Waals surface area contributed by atoms with Crippen LogP contribution in [0.4, 0.5) is 5.13 Å². The van der Waals surface area contributed by atoms with E-state index in [1.807, 2.05) is 36.4 Å². The van der Waals surface area contributed by atoms with Crippen molar-refractivity contribution < 1.29 is 4.79 Å². The fraction of sp³-hybridized carbons (Fsp3) is 0.231. The standard InChI is InChI=1S/C13H12N4OS2/c14-6-7-19-9-11(18)15-13-17-16-12(20-13)8-10-4-2-1-3-5-10/h1-5H,7-9H2,(H,15,17,18). The molecule has 20 heavy (non-hydrogen) atoms. The molecule has 0 bridgehead atoms. The van der Waals surface area contributed by atoms with Crippen molar-refractivity contribution >= 4 is 34.1 Å². The number of thioether (sulfide) groups is 1. The zero-order valence-electron chi connectivity index (χ0n) is 10.6. The summed E-state index contributed by atoms with van der Waals surface area (Å²) in [6, 6.07) is 11.9. The summed E-state index contributed by atoms with van der Waals surface area (Å²) in [6.07, 6.45) is 0.706. The number of nitrogens with zero attached hydrogens (tertiary/aromatic N) is 3. The first-order valence-electron chi connectivity index (χ1n) is 5.89. The van der Waals surface area contributed by atoms with Crippen LogP contribution in [0.1, 0.15) is 10.6 Å². The summed E-state index contributed by atoms with van der Waals surface area (Å²) in [7, 11) is 0. The Balaban J connectivity index is 1.86. The number of amides is 1. The maximum absolute atomic E-state index is 11.6. The minimum Gasteiger partial charge on any atom is -0.300 e. The Morgan fingerprint density at radius 1 is 1.35 bits per heavy atom. The molecule has 0 fully saturated rings. The third-order valence-corrected chi connectivity index (χ3v) is 3.95. The number of hydrogen-bond acceptors (Lipinski definition) is 6. The van der Waals surface area contributed by atoms with Crippen LogP contribution in [0.15, 0.2) is 30.3 Å². The topological polar surface area (TPSA) is 78.7 Å². The summed E-state index contributed by atoms with van der Waals surface area (Å²) >= 11 is 2.64.